The first-order chi connectivity index (χ1) is 9.08. The Labute approximate surface area is 121 Å². The molecule has 0 spiro atoms. The number of nitrogens with one attached hydrogen (secondary N) is 1. The van der Waals surface area contributed by atoms with Gasteiger partial charge in [0, 0.05) is 30.1 Å². The maximum atomic E-state index is 11.6. The van der Waals surface area contributed by atoms with Gasteiger partial charge in [-0.2, -0.15) is 0 Å². The molecule has 0 bridgehead atoms. The molecular weight excluding hydrogens is 306 g/mol. The molecule has 3 atom stereocenters. The van der Waals surface area contributed by atoms with Crippen LogP contribution in [0.3, 0.4) is 0 Å². The van der Waals surface area contributed by atoms with Gasteiger partial charge < -0.3 is 16.0 Å². The summed E-state index contributed by atoms with van der Waals surface area (Å²) in [5.74, 6) is 0.985. The summed E-state index contributed by atoms with van der Waals surface area (Å²) in [6.45, 7) is 5.38. The molecule has 0 radical (unpaired) electrons. The van der Waals surface area contributed by atoms with Gasteiger partial charge in [0.25, 0.3) is 5.91 Å². The number of nitrogens with two attached hydrogens (primary N) is 1. The lowest BCUT2D eigenvalue weighted by molar-refractivity contribution is 0.100. The molecule has 4 nitrogen and oxygen atoms in total. The summed E-state index contributed by atoms with van der Waals surface area (Å²) >= 11 is 3.48. The van der Waals surface area contributed by atoms with Crippen LogP contribution in [0, 0.1) is 11.8 Å². The highest BCUT2D eigenvalue weighted by molar-refractivity contribution is 9.10. The molecule has 3 N–H and O–H groups in total. The SMILES string of the molecule is CC1C2CNCC2CN1c1cc(Br)ccc1C(N)=O. The Morgan fingerprint density at radius 1 is 1.47 bits per heavy atom. The van der Waals surface area contributed by atoms with Gasteiger partial charge in [0.2, 0.25) is 0 Å². The van der Waals surface area contributed by atoms with Crippen LogP contribution in [0.4, 0.5) is 5.69 Å². The van der Waals surface area contributed by atoms with Crippen LogP contribution in [0.25, 0.3) is 0 Å². The van der Waals surface area contributed by atoms with Crippen molar-refractivity contribution in [2.75, 3.05) is 24.5 Å². The standard InChI is InChI=1S/C14H18BrN3O/c1-8-12-6-17-5-9(12)7-18(8)13-4-10(15)2-3-11(13)14(16)19/h2-4,8-9,12,17H,5-7H2,1H3,(H2,16,19). The number of hydrogen-bond donors (Lipinski definition) is 2. The van der Waals surface area contributed by atoms with E-state index in [0.29, 0.717) is 23.4 Å². The van der Waals surface area contributed by atoms with E-state index in [1.54, 1.807) is 6.07 Å². The zero-order valence-electron chi connectivity index (χ0n) is 10.9. The summed E-state index contributed by atoms with van der Waals surface area (Å²) in [5.41, 5.74) is 7.08. The van der Waals surface area contributed by atoms with Gasteiger partial charge in [-0.25, -0.2) is 0 Å². The van der Waals surface area contributed by atoms with Gasteiger partial charge in [-0.3, -0.25) is 4.79 Å². The van der Waals surface area contributed by atoms with E-state index < -0.39 is 0 Å². The molecule has 3 rings (SSSR count). The lowest BCUT2D eigenvalue weighted by Gasteiger charge is -2.28. The number of nitrogens with zero attached hydrogens (tertiary/aromatic N) is 1. The highest BCUT2D eigenvalue weighted by Gasteiger charge is 2.42. The van der Waals surface area contributed by atoms with Crippen molar-refractivity contribution >= 4 is 27.5 Å². The smallest absolute Gasteiger partial charge is 0.250 e. The summed E-state index contributed by atoms with van der Waals surface area (Å²) in [4.78, 5) is 13.9. The van der Waals surface area contributed by atoms with E-state index in [1.165, 1.54) is 0 Å². The molecule has 5 heteroatoms. The Kier molecular flexibility index (Phi) is 3.27. The number of carbonyl (C=O) groups is 1. The fourth-order valence-electron chi connectivity index (χ4n) is 3.44. The van der Waals surface area contributed by atoms with Crippen molar-refractivity contribution < 1.29 is 4.79 Å². The van der Waals surface area contributed by atoms with E-state index in [4.69, 9.17) is 5.73 Å². The average molecular weight is 324 g/mol. The molecule has 1 amide bonds. The maximum absolute atomic E-state index is 11.6. The number of benzene rings is 1. The van der Waals surface area contributed by atoms with Gasteiger partial charge in [-0.15, -0.1) is 0 Å². The zero-order valence-corrected chi connectivity index (χ0v) is 12.5. The van der Waals surface area contributed by atoms with Crippen LogP contribution in [0.1, 0.15) is 17.3 Å². The topological polar surface area (TPSA) is 58.4 Å². The normalized spacial score (nSPS) is 29.6. The molecule has 0 aromatic heterocycles. The molecule has 0 aliphatic carbocycles. The molecule has 2 saturated heterocycles. The van der Waals surface area contributed by atoms with E-state index >= 15 is 0 Å². The van der Waals surface area contributed by atoms with Crippen LogP contribution in [0.15, 0.2) is 22.7 Å². The molecular formula is C14H18BrN3O. The Hall–Kier alpha value is -1.07. The predicted molar refractivity (Wildman–Crippen MR) is 79.3 cm³/mol. The number of rotatable bonds is 2. The fourth-order valence-corrected chi connectivity index (χ4v) is 3.79. The van der Waals surface area contributed by atoms with Crippen molar-refractivity contribution in [1.29, 1.82) is 0 Å². The first-order valence-electron chi connectivity index (χ1n) is 6.64. The largest absolute Gasteiger partial charge is 0.367 e. The second kappa shape index (κ2) is 4.80. The van der Waals surface area contributed by atoms with E-state index in [0.717, 1.165) is 29.8 Å². The summed E-state index contributed by atoms with van der Waals surface area (Å²) in [7, 11) is 0. The number of halogens is 1. The van der Waals surface area contributed by atoms with Gasteiger partial charge >= 0.3 is 0 Å². The summed E-state index contributed by atoms with van der Waals surface area (Å²) in [6.07, 6.45) is 0. The molecule has 1 aromatic carbocycles. The molecule has 2 fully saturated rings. The van der Waals surface area contributed by atoms with Gasteiger partial charge in [0.05, 0.1) is 11.3 Å². The van der Waals surface area contributed by atoms with Gasteiger partial charge in [-0.1, -0.05) is 15.9 Å². The van der Waals surface area contributed by atoms with Crippen LogP contribution in [0.2, 0.25) is 0 Å². The first kappa shape index (κ1) is 12.9. The van der Waals surface area contributed by atoms with E-state index in [2.05, 4.69) is 33.1 Å². The number of hydrogen-bond acceptors (Lipinski definition) is 3. The Balaban J connectivity index is 1.98. The highest BCUT2D eigenvalue weighted by Crippen LogP contribution is 2.38. The second-order valence-corrected chi connectivity index (χ2v) is 6.42. The molecule has 19 heavy (non-hydrogen) atoms. The minimum absolute atomic E-state index is 0.357. The van der Waals surface area contributed by atoms with E-state index in [1.807, 2.05) is 12.1 Å². The summed E-state index contributed by atoms with van der Waals surface area (Å²) < 4.78 is 0.981. The molecule has 2 heterocycles. The van der Waals surface area contributed by atoms with Crippen LogP contribution >= 0.6 is 15.9 Å². The number of carbonyl (C=O) groups excluding carboxylic acids is 1. The number of amides is 1. The molecule has 102 valence electrons. The quantitative estimate of drug-likeness (QED) is 0.869. The molecule has 2 aliphatic rings. The lowest BCUT2D eigenvalue weighted by Crippen LogP contribution is -2.34. The molecule has 1 aromatic rings. The van der Waals surface area contributed by atoms with Crippen LogP contribution < -0.4 is 16.0 Å². The van der Waals surface area contributed by atoms with Crippen molar-refractivity contribution in [3.63, 3.8) is 0 Å². The maximum Gasteiger partial charge on any atom is 0.250 e. The monoisotopic (exact) mass is 323 g/mol. The Morgan fingerprint density at radius 2 is 2.26 bits per heavy atom. The Morgan fingerprint density at radius 3 is 2.95 bits per heavy atom. The number of primary amides is 1. The number of anilines is 1. The van der Waals surface area contributed by atoms with E-state index in [9.17, 15) is 4.79 Å². The van der Waals surface area contributed by atoms with Gasteiger partial charge in [-0.05, 0) is 37.0 Å². The van der Waals surface area contributed by atoms with Crippen LogP contribution in [-0.2, 0) is 0 Å². The minimum Gasteiger partial charge on any atom is -0.367 e. The average Bonchev–Trinajstić information content (AvgIpc) is 2.92. The van der Waals surface area contributed by atoms with Crippen molar-refractivity contribution in [2.24, 2.45) is 17.6 Å². The van der Waals surface area contributed by atoms with Gasteiger partial charge in [0.15, 0.2) is 0 Å². The van der Waals surface area contributed by atoms with E-state index in [-0.39, 0.29) is 5.91 Å². The molecule has 0 saturated carbocycles. The second-order valence-electron chi connectivity index (χ2n) is 5.50. The van der Waals surface area contributed by atoms with Crippen molar-refractivity contribution in [3.05, 3.63) is 28.2 Å². The predicted octanol–water partition coefficient (Wildman–Crippen LogP) is 1.59. The summed E-state index contributed by atoms with van der Waals surface area (Å²) in [6, 6.07) is 6.12. The third-order valence-electron chi connectivity index (χ3n) is 4.47. The summed E-state index contributed by atoms with van der Waals surface area (Å²) in [5, 5.41) is 3.45. The Bertz CT molecular complexity index is 519. The van der Waals surface area contributed by atoms with Gasteiger partial charge in [0.1, 0.15) is 0 Å². The highest BCUT2D eigenvalue weighted by atomic mass is 79.9. The fraction of sp³-hybridized carbons (Fsp3) is 0.500. The van der Waals surface area contributed by atoms with Crippen molar-refractivity contribution in [3.8, 4) is 0 Å². The van der Waals surface area contributed by atoms with Crippen molar-refractivity contribution in [1.82, 2.24) is 5.32 Å². The zero-order chi connectivity index (χ0) is 13.6. The third-order valence-corrected chi connectivity index (χ3v) is 4.96. The van der Waals surface area contributed by atoms with Crippen LogP contribution in [0.5, 0.6) is 0 Å². The minimum atomic E-state index is -0.357. The van der Waals surface area contributed by atoms with Crippen molar-refractivity contribution in [2.45, 2.75) is 13.0 Å². The third kappa shape index (κ3) is 2.15. The first-order valence-corrected chi connectivity index (χ1v) is 7.44. The van der Waals surface area contributed by atoms with Crippen LogP contribution in [-0.4, -0.2) is 31.6 Å². The molecule has 3 unspecified atom stereocenters. The lowest BCUT2D eigenvalue weighted by atomic mass is 9.95. The molecule has 2 aliphatic heterocycles. The number of fused-ring (bicyclic) bond motifs is 1.